The predicted octanol–water partition coefficient (Wildman–Crippen LogP) is 4.81. The fourth-order valence-electron chi connectivity index (χ4n) is 2.33. The molecule has 0 spiro atoms. The first kappa shape index (κ1) is 15.1. The Bertz CT molecular complexity index is 536. The van der Waals surface area contributed by atoms with Gasteiger partial charge in [-0.15, -0.1) is 11.8 Å². The molecule has 0 aliphatic carbocycles. The molecule has 0 bridgehead atoms. The molecule has 2 aromatic rings. The van der Waals surface area contributed by atoms with Crippen LogP contribution in [0, 0.1) is 12.8 Å². The van der Waals surface area contributed by atoms with Crippen LogP contribution in [-0.4, -0.2) is 5.25 Å². The van der Waals surface area contributed by atoms with Crippen LogP contribution in [0.2, 0.25) is 0 Å². The maximum Gasteiger partial charge on any atom is 0.0421 e. The third-order valence-corrected chi connectivity index (χ3v) is 5.09. The molecule has 106 valence electrons. The summed E-state index contributed by atoms with van der Waals surface area (Å²) >= 11 is 1.89. The molecule has 2 heteroatoms. The van der Waals surface area contributed by atoms with E-state index < -0.39 is 0 Å². The second-order valence-electron chi connectivity index (χ2n) is 5.58. The fourth-order valence-corrected chi connectivity index (χ4v) is 3.64. The van der Waals surface area contributed by atoms with E-state index in [1.54, 1.807) is 0 Å². The number of rotatable bonds is 5. The minimum absolute atomic E-state index is 0.0571. The van der Waals surface area contributed by atoms with E-state index in [0.29, 0.717) is 11.2 Å². The smallest absolute Gasteiger partial charge is 0.0421 e. The lowest BCUT2D eigenvalue weighted by Crippen LogP contribution is -2.28. The largest absolute Gasteiger partial charge is 0.323 e. The highest BCUT2D eigenvalue weighted by atomic mass is 32.2. The molecular formula is C18H23NS. The van der Waals surface area contributed by atoms with Gasteiger partial charge in [-0.2, -0.15) is 0 Å². The number of nitrogens with two attached hydrogens (primary N) is 1. The van der Waals surface area contributed by atoms with Crippen molar-refractivity contribution >= 4 is 11.8 Å². The summed E-state index contributed by atoms with van der Waals surface area (Å²) < 4.78 is 0. The normalized spacial score (nSPS) is 14.2. The Hall–Kier alpha value is -1.25. The highest BCUT2D eigenvalue weighted by Crippen LogP contribution is 2.35. The van der Waals surface area contributed by atoms with Gasteiger partial charge in [0, 0.05) is 16.2 Å². The monoisotopic (exact) mass is 285 g/mol. The summed E-state index contributed by atoms with van der Waals surface area (Å²) in [6.07, 6.45) is 0. The van der Waals surface area contributed by atoms with E-state index in [1.165, 1.54) is 16.0 Å². The van der Waals surface area contributed by atoms with Crippen molar-refractivity contribution in [1.29, 1.82) is 0 Å². The molecule has 0 aliphatic heterocycles. The van der Waals surface area contributed by atoms with Gasteiger partial charge in [0.1, 0.15) is 0 Å². The standard InChI is InChI=1S/C18H23NS/c1-13(2)18(17(19)15-9-5-4-6-10-15)20-16-11-7-8-14(3)12-16/h4-13,17-18H,19H2,1-3H3. The number of hydrogen-bond donors (Lipinski definition) is 1. The average Bonchev–Trinajstić information content (AvgIpc) is 2.45. The molecular weight excluding hydrogens is 262 g/mol. The van der Waals surface area contributed by atoms with Gasteiger partial charge in [0.25, 0.3) is 0 Å². The number of hydrogen-bond acceptors (Lipinski definition) is 2. The first-order valence-electron chi connectivity index (χ1n) is 7.12. The Morgan fingerprint density at radius 1 is 0.950 bits per heavy atom. The first-order chi connectivity index (χ1) is 9.58. The van der Waals surface area contributed by atoms with Gasteiger partial charge < -0.3 is 5.73 Å². The van der Waals surface area contributed by atoms with Crippen LogP contribution in [0.3, 0.4) is 0 Å². The molecule has 0 radical (unpaired) electrons. The molecule has 2 aromatic carbocycles. The van der Waals surface area contributed by atoms with Crippen LogP contribution in [0.5, 0.6) is 0 Å². The van der Waals surface area contributed by atoms with Crippen molar-refractivity contribution in [3.05, 3.63) is 65.7 Å². The number of thioether (sulfide) groups is 1. The molecule has 0 saturated carbocycles. The van der Waals surface area contributed by atoms with E-state index in [-0.39, 0.29) is 6.04 Å². The van der Waals surface area contributed by atoms with Gasteiger partial charge in [0.15, 0.2) is 0 Å². The van der Waals surface area contributed by atoms with Crippen LogP contribution in [0.15, 0.2) is 59.5 Å². The van der Waals surface area contributed by atoms with Gasteiger partial charge in [-0.25, -0.2) is 0 Å². The van der Waals surface area contributed by atoms with Gasteiger partial charge in [-0.1, -0.05) is 61.9 Å². The van der Waals surface area contributed by atoms with Crippen LogP contribution < -0.4 is 5.73 Å². The number of aryl methyl sites for hydroxylation is 1. The SMILES string of the molecule is Cc1cccc(SC(C(C)C)C(N)c2ccccc2)c1. The first-order valence-corrected chi connectivity index (χ1v) is 7.99. The third kappa shape index (κ3) is 3.87. The van der Waals surface area contributed by atoms with E-state index in [9.17, 15) is 0 Å². The summed E-state index contributed by atoms with van der Waals surface area (Å²) in [5.41, 5.74) is 9.02. The molecule has 1 nitrogen and oxygen atoms in total. The van der Waals surface area contributed by atoms with E-state index in [4.69, 9.17) is 5.73 Å². The molecule has 2 rings (SSSR count). The van der Waals surface area contributed by atoms with E-state index in [1.807, 2.05) is 17.8 Å². The van der Waals surface area contributed by atoms with Crippen molar-refractivity contribution in [3.8, 4) is 0 Å². The molecule has 0 aromatic heterocycles. The van der Waals surface area contributed by atoms with E-state index in [0.717, 1.165) is 0 Å². The second kappa shape index (κ2) is 6.96. The molecule has 20 heavy (non-hydrogen) atoms. The highest BCUT2D eigenvalue weighted by molar-refractivity contribution is 8.00. The Labute approximate surface area is 126 Å². The predicted molar refractivity (Wildman–Crippen MR) is 89.0 cm³/mol. The van der Waals surface area contributed by atoms with E-state index in [2.05, 4.69) is 69.3 Å². The van der Waals surface area contributed by atoms with Crippen molar-refractivity contribution in [1.82, 2.24) is 0 Å². The zero-order valence-corrected chi connectivity index (χ0v) is 13.2. The Balaban J connectivity index is 2.19. The summed E-state index contributed by atoms with van der Waals surface area (Å²) in [5.74, 6) is 0.524. The molecule has 0 aliphatic rings. The molecule has 0 amide bonds. The summed E-state index contributed by atoms with van der Waals surface area (Å²) in [4.78, 5) is 1.30. The van der Waals surface area contributed by atoms with Crippen molar-refractivity contribution in [2.75, 3.05) is 0 Å². The van der Waals surface area contributed by atoms with Crippen molar-refractivity contribution in [2.45, 2.75) is 37.0 Å². The van der Waals surface area contributed by atoms with E-state index >= 15 is 0 Å². The van der Waals surface area contributed by atoms with Gasteiger partial charge in [-0.05, 0) is 30.5 Å². The highest BCUT2D eigenvalue weighted by Gasteiger charge is 2.23. The lowest BCUT2D eigenvalue weighted by Gasteiger charge is -2.27. The summed E-state index contributed by atoms with van der Waals surface area (Å²) in [7, 11) is 0. The molecule has 2 atom stereocenters. The summed E-state index contributed by atoms with van der Waals surface area (Å²) in [6, 6.07) is 19.1. The van der Waals surface area contributed by atoms with Crippen LogP contribution in [0.4, 0.5) is 0 Å². The zero-order valence-electron chi connectivity index (χ0n) is 12.4. The van der Waals surface area contributed by atoms with Gasteiger partial charge in [-0.3, -0.25) is 0 Å². The average molecular weight is 285 g/mol. The van der Waals surface area contributed by atoms with Gasteiger partial charge in [0.2, 0.25) is 0 Å². The Morgan fingerprint density at radius 3 is 2.25 bits per heavy atom. The van der Waals surface area contributed by atoms with Crippen LogP contribution in [-0.2, 0) is 0 Å². The fraction of sp³-hybridized carbons (Fsp3) is 0.333. The van der Waals surface area contributed by atoms with Crippen LogP contribution in [0.25, 0.3) is 0 Å². The number of benzene rings is 2. The second-order valence-corrected chi connectivity index (χ2v) is 6.83. The van der Waals surface area contributed by atoms with Gasteiger partial charge in [0.05, 0.1) is 0 Å². The minimum atomic E-state index is 0.0571. The maximum atomic E-state index is 6.51. The van der Waals surface area contributed by atoms with Crippen LogP contribution >= 0.6 is 11.8 Å². The van der Waals surface area contributed by atoms with Crippen molar-refractivity contribution in [2.24, 2.45) is 11.7 Å². The lowest BCUT2D eigenvalue weighted by molar-refractivity contribution is 0.527. The zero-order chi connectivity index (χ0) is 14.5. The van der Waals surface area contributed by atoms with Crippen LogP contribution in [0.1, 0.15) is 31.0 Å². The minimum Gasteiger partial charge on any atom is -0.323 e. The lowest BCUT2D eigenvalue weighted by atomic mass is 9.97. The summed E-state index contributed by atoms with van der Waals surface area (Å²) in [6.45, 7) is 6.62. The molecule has 0 saturated heterocycles. The Morgan fingerprint density at radius 2 is 1.65 bits per heavy atom. The molecule has 2 unspecified atom stereocenters. The Kier molecular flexibility index (Phi) is 5.27. The maximum absolute atomic E-state index is 6.51. The molecule has 0 heterocycles. The quantitative estimate of drug-likeness (QED) is 0.798. The third-order valence-electron chi connectivity index (χ3n) is 3.46. The molecule has 2 N–H and O–H groups in total. The van der Waals surface area contributed by atoms with Gasteiger partial charge >= 0.3 is 0 Å². The summed E-state index contributed by atoms with van der Waals surface area (Å²) in [5, 5.41) is 0.374. The molecule has 0 fully saturated rings. The topological polar surface area (TPSA) is 26.0 Å². The van der Waals surface area contributed by atoms with Crippen molar-refractivity contribution in [3.63, 3.8) is 0 Å². The van der Waals surface area contributed by atoms with Crippen molar-refractivity contribution < 1.29 is 0 Å².